The molecular weight excluding hydrogens is 284 g/mol. The van der Waals surface area contributed by atoms with E-state index in [2.05, 4.69) is 25.9 Å². The summed E-state index contributed by atoms with van der Waals surface area (Å²) < 4.78 is 1.64. The largest absolute Gasteiger partial charge is 0.294 e. The van der Waals surface area contributed by atoms with Crippen LogP contribution in [0.1, 0.15) is 36.6 Å². The van der Waals surface area contributed by atoms with Crippen molar-refractivity contribution in [3.05, 3.63) is 75.7 Å². The highest BCUT2D eigenvalue weighted by atomic mass is 16.1. The smallest absolute Gasteiger partial charge is 0.279 e. The third-order valence-corrected chi connectivity index (χ3v) is 4.13. The van der Waals surface area contributed by atoms with Gasteiger partial charge in [-0.3, -0.25) is 9.89 Å². The zero-order valence-electron chi connectivity index (χ0n) is 14.1. The quantitative estimate of drug-likeness (QED) is 0.756. The Kier molecular flexibility index (Phi) is 3.95. The van der Waals surface area contributed by atoms with Gasteiger partial charge < -0.3 is 0 Å². The molecule has 1 aromatic heterocycles. The number of aryl methyl sites for hydroxylation is 2. The predicted octanol–water partition coefficient (Wildman–Crippen LogP) is 4.57. The molecule has 0 saturated heterocycles. The van der Waals surface area contributed by atoms with Gasteiger partial charge in [-0.15, -0.1) is 0 Å². The van der Waals surface area contributed by atoms with E-state index in [1.54, 1.807) is 4.68 Å². The van der Waals surface area contributed by atoms with Crippen LogP contribution in [-0.4, -0.2) is 9.78 Å². The van der Waals surface area contributed by atoms with Crippen LogP contribution in [0.4, 0.5) is 0 Å². The molecule has 1 N–H and O–H groups in total. The van der Waals surface area contributed by atoms with Gasteiger partial charge in [0.25, 0.3) is 5.56 Å². The molecule has 2 aromatic carbocycles. The topological polar surface area (TPSA) is 37.8 Å². The lowest BCUT2D eigenvalue weighted by molar-refractivity contribution is 0.761. The molecule has 0 bridgehead atoms. The van der Waals surface area contributed by atoms with Crippen LogP contribution < -0.4 is 5.56 Å². The summed E-state index contributed by atoms with van der Waals surface area (Å²) in [6, 6.07) is 16.1. The Morgan fingerprint density at radius 2 is 1.39 bits per heavy atom. The molecular formula is C20H22N2O. The number of nitrogens with zero attached hydrogens (tertiary/aromatic N) is 1. The number of rotatable bonds is 3. The fourth-order valence-corrected chi connectivity index (χ4v) is 2.75. The van der Waals surface area contributed by atoms with Gasteiger partial charge in [0.2, 0.25) is 0 Å². The van der Waals surface area contributed by atoms with Crippen molar-refractivity contribution in [3.63, 3.8) is 0 Å². The van der Waals surface area contributed by atoms with E-state index in [0.717, 1.165) is 22.5 Å². The lowest BCUT2D eigenvalue weighted by Gasteiger charge is -2.06. The van der Waals surface area contributed by atoms with E-state index >= 15 is 0 Å². The summed E-state index contributed by atoms with van der Waals surface area (Å²) in [7, 11) is 0. The molecule has 0 aliphatic carbocycles. The zero-order valence-corrected chi connectivity index (χ0v) is 14.1. The molecule has 3 aromatic rings. The number of hydrogen-bond acceptors (Lipinski definition) is 1. The second kappa shape index (κ2) is 5.92. The van der Waals surface area contributed by atoms with Crippen molar-refractivity contribution >= 4 is 0 Å². The van der Waals surface area contributed by atoms with Crippen molar-refractivity contribution in [2.24, 2.45) is 0 Å². The van der Waals surface area contributed by atoms with Crippen LogP contribution in [0.3, 0.4) is 0 Å². The van der Waals surface area contributed by atoms with Gasteiger partial charge in [-0.1, -0.05) is 61.4 Å². The number of H-pyrrole nitrogens is 1. The molecule has 118 valence electrons. The molecule has 3 heteroatoms. The van der Waals surface area contributed by atoms with E-state index in [4.69, 9.17) is 0 Å². The molecule has 0 radical (unpaired) electrons. The Morgan fingerprint density at radius 1 is 0.870 bits per heavy atom. The van der Waals surface area contributed by atoms with Gasteiger partial charge in [0, 0.05) is 5.69 Å². The number of aromatic amines is 1. The Labute approximate surface area is 136 Å². The van der Waals surface area contributed by atoms with E-state index in [1.165, 1.54) is 11.1 Å². The highest BCUT2D eigenvalue weighted by molar-refractivity contribution is 5.66. The summed E-state index contributed by atoms with van der Waals surface area (Å²) in [5.41, 5.74) is 5.93. The lowest BCUT2D eigenvalue weighted by atomic mass is 9.99. The molecule has 0 aliphatic heterocycles. The van der Waals surface area contributed by atoms with Gasteiger partial charge in [-0.05, 0) is 37.5 Å². The van der Waals surface area contributed by atoms with E-state index in [0.29, 0.717) is 0 Å². The van der Waals surface area contributed by atoms with Crippen molar-refractivity contribution in [1.82, 2.24) is 9.78 Å². The average molecular weight is 306 g/mol. The van der Waals surface area contributed by atoms with Crippen LogP contribution in [0, 0.1) is 13.8 Å². The molecule has 3 rings (SSSR count). The lowest BCUT2D eigenvalue weighted by Crippen LogP contribution is -2.15. The Bertz CT molecular complexity index is 866. The predicted molar refractivity (Wildman–Crippen MR) is 95.4 cm³/mol. The molecule has 0 fully saturated rings. The summed E-state index contributed by atoms with van der Waals surface area (Å²) in [6.45, 7) is 8.29. The second-order valence-corrected chi connectivity index (χ2v) is 6.40. The van der Waals surface area contributed by atoms with Gasteiger partial charge >= 0.3 is 0 Å². The van der Waals surface area contributed by atoms with Crippen molar-refractivity contribution in [1.29, 1.82) is 0 Å². The van der Waals surface area contributed by atoms with Gasteiger partial charge in [0.1, 0.15) is 0 Å². The third kappa shape index (κ3) is 2.87. The third-order valence-electron chi connectivity index (χ3n) is 4.13. The van der Waals surface area contributed by atoms with E-state index in [9.17, 15) is 4.79 Å². The minimum absolute atomic E-state index is 0.00130. The van der Waals surface area contributed by atoms with Gasteiger partial charge in [-0.25, -0.2) is 4.68 Å². The maximum atomic E-state index is 13.0. The van der Waals surface area contributed by atoms with Crippen LogP contribution in [0.5, 0.6) is 0 Å². The molecule has 1 heterocycles. The summed E-state index contributed by atoms with van der Waals surface area (Å²) in [5, 5.41) is 3.30. The molecule has 3 nitrogen and oxygen atoms in total. The van der Waals surface area contributed by atoms with Crippen molar-refractivity contribution in [2.45, 2.75) is 33.6 Å². The fourth-order valence-electron chi connectivity index (χ4n) is 2.75. The van der Waals surface area contributed by atoms with Crippen molar-refractivity contribution < 1.29 is 0 Å². The summed E-state index contributed by atoms with van der Waals surface area (Å²) in [5.74, 6) is 0.241. The van der Waals surface area contributed by atoms with Crippen LogP contribution in [0.15, 0.2) is 53.3 Å². The van der Waals surface area contributed by atoms with Gasteiger partial charge in [0.05, 0.1) is 11.3 Å². The molecule has 0 atom stereocenters. The average Bonchev–Trinajstić information content (AvgIpc) is 2.87. The number of benzene rings is 2. The van der Waals surface area contributed by atoms with E-state index in [1.807, 2.05) is 55.5 Å². The monoisotopic (exact) mass is 306 g/mol. The Hall–Kier alpha value is -2.55. The van der Waals surface area contributed by atoms with Crippen LogP contribution in [0.2, 0.25) is 0 Å². The molecule has 0 spiro atoms. The van der Waals surface area contributed by atoms with Crippen LogP contribution in [-0.2, 0) is 0 Å². The maximum Gasteiger partial charge on any atom is 0.279 e. The minimum atomic E-state index is 0.00130. The van der Waals surface area contributed by atoms with Gasteiger partial charge in [-0.2, -0.15) is 0 Å². The van der Waals surface area contributed by atoms with Crippen molar-refractivity contribution in [2.75, 3.05) is 0 Å². The van der Waals surface area contributed by atoms with Crippen LogP contribution >= 0.6 is 0 Å². The highest BCUT2D eigenvalue weighted by Gasteiger charge is 2.19. The minimum Gasteiger partial charge on any atom is -0.294 e. The molecule has 0 amide bonds. The van der Waals surface area contributed by atoms with E-state index < -0.39 is 0 Å². The first-order valence-electron chi connectivity index (χ1n) is 7.96. The SMILES string of the molecule is Cc1ccc(-c2c(C(C)C)[nH]n(-c3ccc(C)cc3)c2=O)cc1. The first-order chi connectivity index (χ1) is 11.0. The first kappa shape index (κ1) is 15.3. The molecule has 0 saturated carbocycles. The second-order valence-electron chi connectivity index (χ2n) is 6.40. The number of hydrogen-bond donors (Lipinski definition) is 1. The Balaban J connectivity index is 2.21. The Morgan fingerprint density at radius 3 is 1.91 bits per heavy atom. The van der Waals surface area contributed by atoms with Crippen molar-refractivity contribution in [3.8, 4) is 16.8 Å². The summed E-state index contributed by atoms with van der Waals surface area (Å²) >= 11 is 0. The normalized spacial score (nSPS) is 11.2. The van der Waals surface area contributed by atoms with Crippen LogP contribution in [0.25, 0.3) is 16.8 Å². The summed E-state index contributed by atoms with van der Waals surface area (Å²) in [4.78, 5) is 13.0. The maximum absolute atomic E-state index is 13.0. The molecule has 23 heavy (non-hydrogen) atoms. The highest BCUT2D eigenvalue weighted by Crippen LogP contribution is 2.26. The molecule has 0 aliphatic rings. The number of aromatic nitrogens is 2. The van der Waals surface area contributed by atoms with E-state index in [-0.39, 0.29) is 11.5 Å². The summed E-state index contributed by atoms with van der Waals surface area (Å²) in [6.07, 6.45) is 0. The molecule has 0 unspecified atom stereocenters. The zero-order chi connectivity index (χ0) is 16.6. The standard InChI is InChI=1S/C20H22N2O/c1-13(2)19-18(16-9-5-14(3)6-10-16)20(23)22(21-19)17-11-7-15(4)8-12-17/h5-13,21H,1-4H3. The van der Waals surface area contributed by atoms with Gasteiger partial charge in [0.15, 0.2) is 0 Å². The number of nitrogens with one attached hydrogen (secondary N) is 1. The fraction of sp³-hybridized carbons (Fsp3) is 0.250. The first-order valence-corrected chi connectivity index (χ1v) is 7.96.